The molecule has 0 saturated carbocycles. The van der Waals surface area contributed by atoms with Gasteiger partial charge in [-0.3, -0.25) is 9.59 Å². The quantitative estimate of drug-likeness (QED) is 0.245. The monoisotopic (exact) mass is 477 g/mol. The van der Waals surface area contributed by atoms with E-state index in [1.807, 2.05) is 30.3 Å². The fraction of sp³-hybridized carbons (Fsp3) is 0.185. The van der Waals surface area contributed by atoms with E-state index in [9.17, 15) is 24.9 Å². The average Bonchev–Trinajstić information content (AvgIpc) is 2.86. The fourth-order valence-electron chi connectivity index (χ4n) is 3.32. The van der Waals surface area contributed by atoms with Gasteiger partial charge in [-0.25, -0.2) is 0 Å². The van der Waals surface area contributed by atoms with Crippen LogP contribution in [0.25, 0.3) is 6.08 Å². The molecule has 0 heterocycles. The third kappa shape index (κ3) is 7.53. The Morgan fingerprint density at radius 2 is 1.71 bits per heavy atom. The molecule has 0 aliphatic heterocycles. The number of carboxylic acids is 1. The van der Waals surface area contributed by atoms with Crippen molar-refractivity contribution in [1.82, 2.24) is 5.32 Å². The molecule has 3 rings (SSSR count). The van der Waals surface area contributed by atoms with Gasteiger partial charge < -0.3 is 30.1 Å². The molecule has 0 saturated heterocycles. The van der Waals surface area contributed by atoms with Crippen LogP contribution in [-0.4, -0.2) is 40.9 Å². The lowest BCUT2D eigenvalue weighted by Gasteiger charge is -2.13. The Labute approximate surface area is 203 Å². The summed E-state index contributed by atoms with van der Waals surface area (Å²) in [6.07, 6.45) is 2.98. The smallest absolute Gasteiger partial charge is 0.308 e. The number of hydrogen-bond acceptors (Lipinski definition) is 6. The van der Waals surface area contributed by atoms with Crippen LogP contribution in [-0.2, 0) is 22.6 Å². The molecule has 0 aliphatic rings. The summed E-state index contributed by atoms with van der Waals surface area (Å²) in [5.41, 5.74) is 2.26. The number of aliphatic carboxylic acids is 1. The largest absolute Gasteiger partial charge is 0.504 e. The highest BCUT2D eigenvalue weighted by molar-refractivity contribution is 5.92. The van der Waals surface area contributed by atoms with E-state index in [2.05, 4.69) is 5.32 Å². The Morgan fingerprint density at radius 1 is 0.943 bits per heavy atom. The van der Waals surface area contributed by atoms with Crippen molar-refractivity contribution in [3.63, 3.8) is 0 Å². The van der Waals surface area contributed by atoms with Gasteiger partial charge in [-0.15, -0.1) is 0 Å². The predicted octanol–water partition coefficient (Wildman–Crippen LogP) is 3.76. The number of phenols is 2. The van der Waals surface area contributed by atoms with Crippen LogP contribution in [0.2, 0.25) is 0 Å². The van der Waals surface area contributed by atoms with Crippen molar-refractivity contribution in [3.8, 4) is 23.0 Å². The summed E-state index contributed by atoms with van der Waals surface area (Å²) in [4.78, 5) is 23.8. The molecule has 182 valence electrons. The molecule has 0 aliphatic carbocycles. The summed E-state index contributed by atoms with van der Waals surface area (Å²) < 4.78 is 11.2. The molecule has 0 unspecified atom stereocenters. The molecule has 8 nitrogen and oxygen atoms in total. The average molecular weight is 478 g/mol. The van der Waals surface area contributed by atoms with Crippen LogP contribution in [0.5, 0.6) is 23.0 Å². The van der Waals surface area contributed by atoms with E-state index in [4.69, 9.17) is 9.47 Å². The SMILES string of the molecule is COc1cc(/C=C/C(=O)NC[C@H](Cc2ccc(O)c(O)c2)C(=O)O)ccc1OCc1ccccc1. The van der Waals surface area contributed by atoms with Crippen molar-refractivity contribution in [2.45, 2.75) is 13.0 Å². The van der Waals surface area contributed by atoms with Crippen LogP contribution < -0.4 is 14.8 Å². The summed E-state index contributed by atoms with van der Waals surface area (Å²) in [5.74, 6) is -1.96. The molecule has 35 heavy (non-hydrogen) atoms. The van der Waals surface area contributed by atoms with Gasteiger partial charge in [-0.1, -0.05) is 42.5 Å². The zero-order valence-electron chi connectivity index (χ0n) is 19.2. The number of nitrogens with one attached hydrogen (secondary N) is 1. The minimum atomic E-state index is -1.09. The van der Waals surface area contributed by atoms with Crippen molar-refractivity contribution in [2.75, 3.05) is 13.7 Å². The summed E-state index contributed by atoms with van der Waals surface area (Å²) in [6, 6.07) is 19.1. The van der Waals surface area contributed by atoms with E-state index in [-0.39, 0.29) is 24.5 Å². The maximum Gasteiger partial charge on any atom is 0.308 e. The maximum absolute atomic E-state index is 12.3. The Hall–Kier alpha value is -4.46. The van der Waals surface area contributed by atoms with Gasteiger partial charge in [0.2, 0.25) is 5.91 Å². The van der Waals surface area contributed by atoms with Crippen molar-refractivity contribution in [2.24, 2.45) is 5.92 Å². The van der Waals surface area contributed by atoms with Crippen LogP contribution in [0.4, 0.5) is 0 Å². The molecule has 0 aromatic heterocycles. The maximum atomic E-state index is 12.3. The Morgan fingerprint density at radius 3 is 2.40 bits per heavy atom. The van der Waals surface area contributed by atoms with Crippen molar-refractivity contribution in [1.29, 1.82) is 0 Å². The first-order valence-corrected chi connectivity index (χ1v) is 10.9. The summed E-state index contributed by atoms with van der Waals surface area (Å²) in [6.45, 7) is 0.291. The summed E-state index contributed by atoms with van der Waals surface area (Å²) in [7, 11) is 1.53. The first kappa shape index (κ1) is 25.2. The van der Waals surface area contributed by atoms with E-state index < -0.39 is 17.8 Å². The van der Waals surface area contributed by atoms with E-state index in [1.54, 1.807) is 24.3 Å². The topological polar surface area (TPSA) is 125 Å². The van der Waals surface area contributed by atoms with Crippen LogP contribution in [0, 0.1) is 5.92 Å². The van der Waals surface area contributed by atoms with E-state index in [0.717, 1.165) is 5.56 Å². The molecule has 0 radical (unpaired) electrons. The number of aromatic hydroxyl groups is 2. The second kappa shape index (κ2) is 12.1. The number of carbonyl (C=O) groups is 2. The summed E-state index contributed by atoms with van der Waals surface area (Å²) in [5, 5.41) is 31.0. The molecule has 8 heteroatoms. The minimum Gasteiger partial charge on any atom is -0.504 e. The normalized spacial score (nSPS) is 11.7. The van der Waals surface area contributed by atoms with E-state index in [0.29, 0.717) is 29.2 Å². The van der Waals surface area contributed by atoms with Crippen LogP contribution >= 0.6 is 0 Å². The number of ether oxygens (including phenoxy) is 2. The van der Waals surface area contributed by atoms with Gasteiger partial charge in [-0.2, -0.15) is 0 Å². The molecule has 0 fully saturated rings. The zero-order chi connectivity index (χ0) is 25.2. The third-order valence-electron chi connectivity index (χ3n) is 5.25. The predicted molar refractivity (Wildman–Crippen MR) is 130 cm³/mol. The van der Waals surface area contributed by atoms with Gasteiger partial charge in [0, 0.05) is 12.6 Å². The Bertz CT molecular complexity index is 1190. The molecular weight excluding hydrogens is 450 g/mol. The standard InChI is InChI=1S/C27H27NO7/c1-34-25-15-18(8-11-24(25)35-17-19-5-3-2-4-6-19)9-12-26(31)28-16-21(27(32)33)13-20-7-10-22(29)23(30)14-20/h2-12,14-15,21,29-30H,13,16-17H2,1H3,(H,28,31)(H,32,33)/b12-9+/t21-/m0/s1. The molecular formula is C27H27NO7. The minimum absolute atomic E-state index is 0.0782. The van der Waals surface area contributed by atoms with Gasteiger partial charge in [0.05, 0.1) is 13.0 Å². The van der Waals surface area contributed by atoms with E-state index >= 15 is 0 Å². The molecule has 1 atom stereocenters. The third-order valence-corrected chi connectivity index (χ3v) is 5.25. The van der Waals surface area contributed by atoms with Crippen LogP contribution in [0.3, 0.4) is 0 Å². The van der Waals surface area contributed by atoms with Crippen molar-refractivity contribution < 1.29 is 34.4 Å². The highest BCUT2D eigenvalue weighted by Crippen LogP contribution is 2.29. The first-order valence-electron chi connectivity index (χ1n) is 10.9. The Kier molecular flexibility index (Phi) is 8.72. The van der Waals surface area contributed by atoms with Crippen molar-refractivity contribution >= 4 is 18.0 Å². The fourth-order valence-corrected chi connectivity index (χ4v) is 3.32. The van der Waals surface area contributed by atoms with Gasteiger partial charge in [0.15, 0.2) is 23.0 Å². The molecule has 3 aromatic carbocycles. The van der Waals surface area contributed by atoms with Crippen LogP contribution in [0.15, 0.2) is 72.8 Å². The number of amides is 1. The van der Waals surface area contributed by atoms with Crippen LogP contribution in [0.1, 0.15) is 16.7 Å². The molecule has 4 N–H and O–H groups in total. The number of hydrogen-bond donors (Lipinski definition) is 4. The number of benzene rings is 3. The van der Waals surface area contributed by atoms with Gasteiger partial charge >= 0.3 is 5.97 Å². The second-order valence-corrected chi connectivity index (χ2v) is 7.83. The molecule has 3 aromatic rings. The van der Waals surface area contributed by atoms with Gasteiger partial charge in [0.25, 0.3) is 0 Å². The molecule has 0 spiro atoms. The highest BCUT2D eigenvalue weighted by atomic mass is 16.5. The number of carbonyl (C=O) groups excluding carboxylic acids is 1. The molecule has 1 amide bonds. The number of phenolic OH excluding ortho intramolecular Hbond substituents is 2. The highest BCUT2D eigenvalue weighted by Gasteiger charge is 2.19. The lowest BCUT2D eigenvalue weighted by Crippen LogP contribution is -2.33. The van der Waals surface area contributed by atoms with Gasteiger partial charge in [-0.05, 0) is 53.5 Å². The van der Waals surface area contributed by atoms with E-state index in [1.165, 1.54) is 31.4 Å². The van der Waals surface area contributed by atoms with Crippen molar-refractivity contribution in [3.05, 3.63) is 89.5 Å². The number of carboxylic acid groups (broad SMARTS) is 1. The lowest BCUT2D eigenvalue weighted by molar-refractivity contribution is -0.141. The van der Waals surface area contributed by atoms with Gasteiger partial charge in [0.1, 0.15) is 6.61 Å². The number of methoxy groups -OCH3 is 1. The zero-order valence-corrected chi connectivity index (χ0v) is 19.2. The Balaban J connectivity index is 1.56. The first-order chi connectivity index (χ1) is 16.9. The molecule has 0 bridgehead atoms. The summed E-state index contributed by atoms with van der Waals surface area (Å²) >= 11 is 0. The number of rotatable bonds is 11. The second-order valence-electron chi connectivity index (χ2n) is 7.83. The lowest BCUT2D eigenvalue weighted by atomic mass is 9.99.